The van der Waals surface area contributed by atoms with Crippen molar-refractivity contribution in [2.24, 2.45) is 0 Å². The normalized spacial score (nSPS) is 18.1. The molecule has 4 rings (SSSR count). The number of carbonyl (C=O) groups excluding carboxylic acids is 3. The van der Waals surface area contributed by atoms with Gasteiger partial charge in [-0.25, -0.2) is 9.78 Å². The fourth-order valence-electron chi connectivity index (χ4n) is 5.39. The number of ether oxygens (including phenoxy) is 2. The van der Waals surface area contributed by atoms with Gasteiger partial charge in [-0.3, -0.25) is 14.5 Å². The van der Waals surface area contributed by atoms with E-state index in [4.69, 9.17) is 9.47 Å². The molecule has 11 heteroatoms. The molecule has 0 spiro atoms. The molecule has 3 amide bonds. The van der Waals surface area contributed by atoms with Crippen LogP contribution in [0.1, 0.15) is 68.9 Å². The lowest BCUT2D eigenvalue weighted by atomic mass is 9.91. The van der Waals surface area contributed by atoms with Crippen molar-refractivity contribution in [1.82, 2.24) is 20.1 Å². The van der Waals surface area contributed by atoms with Crippen LogP contribution in [-0.2, 0) is 22.5 Å². The number of amides is 3. The fourth-order valence-corrected chi connectivity index (χ4v) is 5.39. The van der Waals surface area contributed by atoms with E-state index in [-0.39, 0.29) is 18.5 Å². The largest absolute Gasteiger partial charge is 0.489 e. The summed E-state index contributed by atoms with van der Waals surface area (Å²) in [5.41, 5.74) is 1.65. The second kappa shape index (κ2) is 13.4. The van der Waals surface area contributed by atoms with Crippen molar-refractivity contribution in [2.75, 3.05) is 31.6 Å². The summed E-state index contributed by atoms with van der Waals surface area (Å²) in [6.07, 6.45) is 1.94. The maximum absolute atomic E-state index is 13.4. The molecule has 0 radical (unpaired) electrons. The van der Waals surface area contributed by atoms with Gasteiger partial charge in [-0.15, -0.1) is 0 Å². The maximum atomic E-state index is 13.4. The molecule has 3 heterocycles. The number of hydrogen-bond acceptors (Lipinski definition) is 8. The highest BCUT2D eigenvalue weighted by Gasteiger charge is 2.37. The minimum atomic E-state index is -1.05. The predicted molar refractivity (Wildman–Crippen MR) is 158 cm³/mol. The van der Waals surface area contributed by atoms with Crippen molar-refractivity contribution in [3.63, 3.8) is 0 Å². The highest BCUT2D eigenvalue weighted by Crippen LogP contribution is 2.30. The molecule has 0 saturated carbocycles. The number of likely N-dealkylation sites (tertiary alicyclic amines) is 1. The molecule has 1 aromatic carbocycles. The van der Waals surface area contributed by atoms with Crippen LogP contribution in [-0.4, -0.2) is 87.8 Å². The van der Waals surface area contributed by atoms with Crippen LogP contribution in [0.15, 0.2) is 36.5 Å². The van der Waals surface area contributed by atoms with E-state index in [2.05, 4.69) is 15.6 Å². The van der Waals surface area contributed by atoms with E-state index in [0.29, 0.717) is 49.8 Å². The zero-order chi connectivity index (χ0) is 30.4. The average Bonchev–Trinajstić information content (AvgIpc) is 2.95. The molecular weight excluding hydrogens is 538 g/mol. The Balaban J connectivity index is 1.46. The third-order valence-electron chi connectivity index (χ3n) is 7.55. The standard InChI is InChI=1S/C31H43N5O6/c1-6-41-27-24(11-14-32-28(27)34-23-12-15-35(16-13-23)20(2)37)29(39)33-18-26(38)25-17-21-9-7-8-10-22(21)19-36(25)30(40)42-31(3,4)5/h7-11,14,23,25-26,38H,6,12-13,15-19H2,1-5H3,(H,32,34)(H,33,39)/t25?,26-/m1/s1. The summed E-state index contributed by atoms with van der Waals surface area (Å²) in [6.45, 7) is 10.7. The molecule has 1 unspecified atom stereocenters. The highest BCUT2D eigenvalue weighted by molar-refractivity contribution is 5.98. The van der Waals surface area contributed by atoms with Gasteiger partial charge in [-0.1, -0.05) is 24.3 Å². The topological polar surface area (TPSA) is 133 Å². The maximum Gasteiger partial charge on any atom is 0.410 e. The molecule has 42 heavy (non-hydrogen) atoms. The zero-order valence-corrected chi connectivity index (χ0v) is 25.2. The van der Waals surface area contributed by atoms with Crippen LogP contribution in [0.25, 0.3) is 0 Å². The molecule has 0 bridgehead atoms. The van der Waals surface area contributed by atoms with Gasteiger partial charge >= 0.3 is 6.09 Å². The lowest BCUT2D eigenvalue weighted by Gasteiger charge is -2.40. The number of aliphatic hydroxyl groups is 1. The number of aromatic nitrogens is 1. The van der Waals surface area contributed by atoms with Gasteiger partial charge in [0, 0.05) is 45.3 Å². The molecule has 1 saturated heterocycles. The van der Waals surface area contributed by atoms with Crippen LogP contribution in [0.2, 0.25) is 0 Å². The van der Waals surface area contributed by atoms with E-state index in [0.717, 1.165) is 24.0 Å². The van der Waals surface area contributed by atoms with E-state index in [1.165, 1.54) is 0 Å². The van der Waals surface area contributed by atoms with Crippen molar-refractivity contribution < 1.29 is 29.0 Å². The number of piperidine rings is 1. The Morgan fingerprint density at radius 1 is 1.12 bits per heavy atom. The summed E-state index contributed by atoms with van der Waals surface area (Å²) < 4.78 is 11.5. The number of fused-ring (bicyclic) bond motifs is 1. The fraction of sp³-hybridized carbons (Fsp3) is 0.548. The Hall–Kier alpha value is -3.86. The van der Waals surface area contributed by atoms with Gasteiger partial charge in [0.1, 0.15) is 5.60 Å². The number of carbonyl (C=O) groups is 3. The van der Waals surface area contributed by atoms with Gasteiger partial charge in [0.2, 0.25) is 5.91 Å². The summed E-state index contributed by atoms with van der Waals surface area (Å²) in [5.74, 6) is 0.442. The molecule has 2 aromatic rings. The smallest absolute Gasteiger partial charge is 0.410 e. The predicted octanol–water partition coefficient (Wildman–Crippen LogP) is 3.36. The molecule has 2 atom stereocenters. The minimum Gasteiger partial charge on any atom is -0.489 e. The lowest BCUT2D eigenvalue weighted by Crippen LogP contribution is -2.54. The molecule has 1 aromatic heterocycles. The second-order valence-electron chi connectivity index (χ2n) is 11.8. The number of nitrogens with one attached hydrogen (secondary N) is 2. The SMILES string of the molecule is CCOc1c(C(=O)NC[C@@H](O)C2Cc3ccccc3CN2C(=O)OC(C)(C)C)ccnc1NC1CCN(C(C)=O)CC1. The Morgan fingerprint density at radius 2 is 1.81 bits per heavy atom. The number of rotatable bonds is 8. The molecule has 2 aliphatic rings. The number of pyridine rings is 1. The van der Waals surface area contributed by atoms with E-state index in [1.54, 1.807) is 44.9 Å². The van der Waals surface area contributed by atoms with Gasteiger partial charge in [0.15, 0.2) is 11.6 Å². The number of nitrogens with zero attached hydrogens (tertiary/aromatic N) is 3. The molecule has 2 aliphatic heterocycles. The Kier molecular flexibility index (Phi) is 9.93. The number of benzene rings is 1. The van der Waals surface area contributed by atoms with Gasteiger partial charge in [0.25, 0.3) is 5.91 Å². The first-order chi connectivity index (χ1) is 20.0. The van der Waals surface area contributed by atoms with Crippen LogP contribution in [0.3, 0.4) is 0 Å². The van der Waals surface area contributed by atoms with Crippen molar-refractivity contribution in [2.45, 2.75) is 84.2 Å². The van der Waals surface area contributed by atoms with Crippen LogP contribution in [0, 0.1) is 0 Å². The average molecular weight is 582 g/mol. The second-order valence-corrected chi connectivity index (χ2v) is 11.8. The van der Waals surface area contributed by atoms with Gasteiger partial charge in [-0.2, -0.15) is 0 Å². The summed E-state index contributed by atoms with van der Waals surface area (Å²) in [7, 11) is 0. The molecule has 3 N–H and O–H groups in total. The van der Waals surface area contributed by atoms with Crippen LogP contribution < -0.4 is 15.4 Å². The lowest BCUT2D eigenvalue weighted by molar-refractivity contribution is -0.129. The Labute approximate surface area is 247 Å². The van der Waals surface area contributed by atoms with Gasteiger partial charge < -0.3 is 30.1 Å². The van der Waals surface area contributed by atoms with E-state index in [1.807, 2.05) is 36.1 Å². The summed E-state index contributed by atoms with van der Waals surface area (Å²) in [4.78, 5) is 46.0. The van der Waals surface area contributed by atoms with Crippen LogP contribution in [0.5, 0.6) is 5.75 Å². The summed E-state index contributed by atoms with van der Waals surface area (Å²) in [6, 6.07) is 8.89. The number of aliphatic hydroxyl groups excluding tert-OH is 1. The third-order valence-corrected chi connectivity index (χ3v) is 7.55. The number of hydrogen-bond donors (Lipinski definition) is 3. The molecule has 0 aliphatic carbocycles. The van der Waals surface area contributed by atoms with Crippen molar-refractivity contribution in [3.05, 3.63) is 53.2 Å². The molecule has 1 fully saturated rings. The molecule has 228 valence electrons. The van der Waals surface area contributed by atoms with Crippen LogP contribution in [0.4, 0.5) is 10.6 Å². The first-order valence-corrected chi connectivity index (χ1v) is 14.6. The quantitative estimate of drug-likeness (QED) is 0.432. The highest BCUT2D eigenvalue weighted by atomic mass is 16.6. The van der Waals surface area contributed by atoms with Crippen molar-refractivity contribution in [1.29, 1.82) is 0 Å². The minimum absolute atomic E-state index is 0.0640. The first kappa shape index (κ1) is 31.1. The monoisotopic (exact) mass is 581 g/mol. The third kappa shape index (κ3) is 7.70. The van der Waals surface area contributed by atoms with E-state index in [9.17, 15) is 19.5 Å². The summed E-state index contributed by atoms with van der Waals surface area (Å²) >= 11 is 0. The van der Waals surface area contributed by atoms with Gasteiger partial charge in [0.05, 0.1) is 24.3 Å². The summed E-state index contributed by atoms with van der Waals surface area (Å²) in [5, 5.41) is 17.5. The Morgan fingerprint density at radius 3 is 2.45 bits per heavy atom. The van der Waals surface area contributed by atoms with Crippen molar-refractivity contribution >= 4 is 23.7 Å². The molecule has 11 nitrogen and oxygen atoms in total. The van der Waals surface area contributed by atoms with E-state index >= 15 is 0 Å². The number of anilines is 1. The Bertz CT molecular complexity index is 1270. The van der Waals surface area contributed by atoms with Gasteiger partial charge in [-0.05, 0) is 64.2 Å². The zero-order valence-electron chi connectivity index (χ0n) is 25.2. The molecular formula is C31H43N5O6. The van der Waals surface area contributed by atoms with E-state index < -0.39 is 29.7 Å². The first-order valence-electron chi connectivity index (χ1n) is 14.6. The van der Waals surface area contributed by atoms with Crippen LogP contribution >= 0.6 is 0 Å². The van der Waals surface area contributed by atoms with Crippen molar-refractivity contribution in [3.8, 4) is 5.75 Å².